The van der Waals surface area contributed by atoms with E-state index in [9.17, 15) is 8.42 Å². The first-order valence-electron chi connectivity index (χ1n) is 8.07. The Morgan fingerprint density at radius 3 is 2.73 bits per heavy atom. The van der Waals surface area contributed by atoms with Crippen LogP contribution in [0.1, 0.15) is 11.6 Å². The first-order chi connectivity index (χ1) is 12.5. The van der Waals surface area contributed by atoms with Crippen LogP contribution in [0.2, 0.25) is 0 Å². The average molecular weight is 373 g/mol. The molecule has 2 aliphatic rings. The van der Waals surface area contributed by atoms with Crippen molar-refractivity contribution in [1.29, 1.82) is 0 Å². The van der Waals surface area contributed by atoms with Gasteiger partial charge in [0, 0.05) is 44.5 Å². The molecule has 5 rings (SSSR count). The van der Waals surface area contributed by atoms with Gasteiger partial charge in [-0.2, -0.15) is 9.40 Å². The number of sulfonamides is 1. The number of hydrogen-bond acceptors (Lipinski definition) is 7. The third-order valence-electron chi connectivity index (χ3n) is 4.70. The maximum absolute atomic E-state index is 12.8. The maximum atomic E-state index is 12.8. The van der Waals surface area contributed by atoms with E-state index in [4.69, 9.17) is 9.47 Å². The number of aryl methyl sites for hydroxylation is 1. The second kappa shape index (κ2) is 5.39. The third-order valence-corrected chi connectivity index (χ3v) is 6.53. The van der Waals surface area contributed by atoms with Crippen LogP contribution in [0, 0.1) is 0 Å². The van der Waals surface area contributed by atoms with Gasteiger partial charge < -0.3 is 9.47 Å². The number of aromatic nitrogens is 4. The predicted octanol–water partition coefficient (Wildman–Crippen LogP) is 0.880. The molecule has 4 heterocycles. The van der Waals surface area contributed by atoms with Crippen LogP contribution in [-0.4, -0.2) is 52.4 Å². The van der Waals surface area contributed by atoms with Crippen LogP contribution in [0.15, 0.2) is 35.5 Å². The fraction of sp³-hybridized carbons (Fsp3) is 0.312. The van der Waals surface area contributed by atoms with Crippen LogP contribution in [0.3, 0.4) is 0 Å². The fourth-order valence-electron chi connectivity index (χ4n) is 3.27. The molecule has 2 aliphatic heterocycles. The minimum atomic E-state index is -3.58. The zero-order valence-electron chi connectivity index (χ0n) is 13.9. The highest BCUT2D eigenvalue weighted by atomic mass is 32.2. The van der Waals surface area contributed by atoms with Gasteiger partial charge in [-0.25, -0.2) is 23.1 Å². The normalized spacial score (nSPS) is 17.6. The Morgan fingerprint density at radius 2 is 1.88 bits per heavy atom. The van der Waals surface area contributed by atoms with Crippen molar-refractivity contribution in [2.24, 2.45) is 7.05 Å². The van der Waals surface area contributed by atoms with Crippen molar-refractivity contribution in [3.8, 4) is 11.5 Å². The Bertz CT molecular complexity index is 1120. The largest absolute Gasteiger partial charge is 0.454 e. The first-order valence-corrected chi connectivity index (χ1v) is 9.51. The molecule has 0 saturated carbocycles. The SMILES string of the molecule is Cn1nc(C2CN(S(=O)(=O)c3ccc4c(c3)OCO4)C2)c2nccnc21. The fourth-order valence-corrected chi connectivity index (χ4v) is 4.82. The summed E-state index contributed by atoms with van der Waals surface area (Å²) in [5, 5.41) is 4.48. The molecule has 0 radical (unpaired) electrons. The lowest BCUT2D eigenvalue weighted by Crippen LogP contribution is -2.48. The summed E-state index contributed by atoms with van der Waals surface area (Å²) in [6, 6.07) is 4.67. The van der Waals surface area contributed by atoms with Crippen molar-refractivity contribution in [2.75, 3.05) is 19.9 Å². The number of benzene rings is 1. The molecule has 0 atom stereocenters. The van der Waals surface area contributed by atoms with E-state index >= 15 is 0 Å². The van der Waals surface area contributed by atoms with E-state index in [1.54, 1.807) is 30.2 Å². The van der Waals surface area contributed by atoms with Crippen LogP contribution in [0.25, 0.3) is 11.2 Å². The topological polar surface area (TPSA) is 99.4 Å². The Morgan fingerprint density at radius 1 is 1.12 bits per heavy atom. The van der Waals surface area contributed by atoms with E-state index < -0.39 is 10.0 Å². The number of nitrogens with zero attached hydrogens (tertiary/aromatic N) is 5. The number of hydrogen-bond donors (Lipinski definition) is 0. The van der Waals surface area contributed by atoms with Crippen LogP contribution in [0.5, 0.6) is 11.5 Å². The highest BCUT2D eigenvalue weighted by Crippen LogP contribution is 2.37. The van der Waals surface area contributed by atoms with E-state index in [1.165, 1.54) is 16.4 Å². The van der Waals surface area contributed by atoms with E-state index in [2.05, 4.69) is 15.1 Å². The van der Waals surface area contributed by atoms with Crippen molar-refractivity contribution in [1.82, 2.24) is 24.1 Å². The van der Waals surface area contributed by atoms with Crippen molar-refractivity contribution < 1.29 is 17.9 Å². The lowest BCUT2D eigenvalue weighted by atomic mass is 9.99. The minimum absolute atomic E-state index is 0.000754. The van der Waals surface area contributed by atoms with Gasteiger partial charge in [0.15, 0.2) is 17.1 Å². The number of fused-ring (bicyclic) bond motifs is 2. The molecular weight excluding hydrogens is 358 g/mol. The highest BCUT2D eigenvalue weighted by molar-refractivity contribution is 7.89. The Balaban J connectivity index is 1.40. The molecule has 2 aromatic heterocycles. The van der Waals surface area contributed by atoms with E-state index in [0.717, 1.165) is 11.2 Å². The molecule has 0 unspecified atom stereocenters. The molecule has 0 aliphatic carbocycles. The van der Waals surface area contributed by atoms with E-state index in [1.807, 2.05) is 0 Å². The number of rotatable bonds is 3. The van der Waals surface area contributed by atoms with Gasteiger partial charge in [-0.05, 0) is 12.1 Å². The summed E-state index contributed by atoms with van der Waals surface area (Å²) in [5.41, 5.74) is 2.20. The maximum Gasteiger partial charge on any atom is 0.243 e. The van der Waals surface area contributed by atoms with Crippen LogP contribution in [-0.2, 0) is 17.1 Å². The summed E-state index contributed by atoms with van der Waals surface area (Å²) < 4.78 is 39.3. The zero-order chi connectivity index (χ0) is 17.9. The smallest absolute Gasteiger partial charge is 0.243 e. The molecule has 9 nitrogen and oxygen atoms in total. The molecule has 1 saturated heterocycles. The number of ether oxygens (including phenoxy) is 2. The van der Waals surface area contributed by atoms with Crippen molar-refractivity contribution in [3.05, 3.63) is 36.3 Å². The Hall–Kier alpha value is -2.72. The van der Waals surface area contributed by atoms with Gasteiger partial charge in [-0.1, -0.05) is 0 Å². The molecule has 1 aromatic carbocycles. The summed E-state index contributed by atoms with van der Waals surface area (Å²) in [4.78, 5) is 8.82. The van der Waals surface area contributed by atoms with Crippen LogP contribution in [0.4, 0.5) is 0 Å². The monoisotopic (exact) mass is 373 g/mol. The molecule has 0 amide bonds. The van der Waals surface area contributed by atoms with Crippen LogP contribution >= 0.6 is 0 Å². The lowest BCUT2D eigenvalue weighted by Gasteiger charge is -2.37. The summed E-state index contributed by atoms with van der Waals surface area (Å²) in [6.07, 6.45) is 3.23. The molecule has 3 aromatic rings. The Labute approximate surface area is 149 Å². The van der Waals surface area contributed by atoms with Gasteiger partial charge >= 0.3 is 0 Å². The van der Waals surface area contributed by atoms with Crippen molar-refractivity contribution in [2.45, 2.75) is 10.8 Å². The molecular formula is C16H15N5O4S. The second-order valence-corrected chi connectivity index (χ2v) is 8.21. The molecule has 0 N–H and O–H groups in total. The molecule has 0 bridgehead atoms. The second-order valence-electron chi connectivity index (χ2n) is 6.27. The minimum Gasteiger partial charge on any atom is -0.454 e. The van der Waals surface area contributed by atoms with Crippen molar-refractivity contribution >= 4 is 21.2 Å². The molecule has 134 valence electrons. The van der Waals surface area contributed by atoms with Crippen LogP contribution < -0.4 is 9.47 Å². The summed E-state index contributed by atoms with van der Waals surface area (Å²) >= 11 is 0. The average Bonchev–Trinajstić information content (AvgIpc) is 3.18. The summed E-state index contributed by atoms with van der Waals surface area (Å²) in [6.45, 7) is 0.831. The first kappa shape index (κ1) is 15.5. The highest BCUT2D eigenvalue weighted by Gasteiger charge is 2.40. The Kier molecular flexibility index (Phi) is 3.22. The summed E-state index contributed by atoms with van der Waals surface area (Å²) in [7, 11) is -1.78. The molecule has 0 spiro atoms. The summed E-state index contributed by atoms with van der Waals surface area (Å²) in [5.74, 6) is 1.01. The van der Waals surface area contributed by atoms with Gasteiger partial charge in [0.2, 0.25) is 16.8 Å². The van der Waals surface area contributed by atoms with Gasteiger partial charge in [-0.15, -0.1) is 0 Å². The predicted molar refractivity (Wildman–Crippen MR) is 90.4 cm³/mol. The molecule has 10 heteroatoms. The lowest BCUT2D eigenvalue weighted by molar-refractivity contribution is 0.174. The zero-order valence-corrected chi connectivity index (χ0v) is 14.7. The van der Waals surface area contributed by atoms with Gasteiger partial charge in [0.1, 0.15) is 5.52 Å². The molecule has 26 heavy (non-hydrogen) atoms. The standard InChI is InChI=1S/C16H15N5O4S/c1-20-16-15(17-4-5-18-16)14(19-20)10-7-21(8-10)26(22,23)11-2-3-12-13(6-11)25-9-24-12/h2-6,10H,7-9H2,1H3. The van der Waals surface area contributed by atoms with Crippen molar-refractivity contribution in [3.63, 3.8) is 0 Å². The van der Waals surface area contributed by atoms with Gasteiger partial charge in [0.25, 0.3) is 0 Å². The van der Waals surface area contributed by atoms with E-state index in [-0.39, 0.29) is 17.6 Å². The van der Waals surface area contributed by atoms with Gasteiger partial charge in [-0.3, -0.25) is 0 Å². The third kappa shape index (κ3) is 2.19. The van der Waals surface area contributed by atoms with E-state index in [0.29, 0.717) is 30.2 Å². The quantitative estimate of drug-likeness (QED) is 0.672. The molecule has 1 fully saturated rings. The van der Waals surface area contributed by atoms with Gasteiger partial charge in [0.05, 0.1) is 10.6 Å².